The van der Waals surface area contributed by atoms with Crippen molar-refractivity contribution in [3.8, 4) is 0 Å². The molecular formula is C10H15N3. The molecule has 0 fully saturated rings. The molecule has 0 saturated heterocycles. The first-order chi connectivity index (χ1) is 6.31. The molecule has 0 aliphatic carbocycles. The maximum Gasteiger partial charge on any atom is 0.125 e. The van der Waals surface area contributed by atoms with Crippen molar-refractivity contribution in [1.29, 1.82) is 0 Å². The van der Waals surface area contributed by atoms with Gasteiger partial charge in [-0.15, -0.1) is 0 Å². The van der Waals surface area contributed by atoms with E-state index in [0.29, 0.717) is 0 Å². The summed E-state index contributed by atoms with van der Waals surface area (Å²) in [5, 5.41) is 3.31. The number of rotatable bonds is 2. The van der Waals surface area contributed by atoms with E-state index in [0.717, 1.165) is 31.8 Å². The molecule has 1 aromatic rings. The monoisotopic (exact) mass is 177 g/mol. The topological polar surface area (TPSA) is 37.8 Å². The maximum absolute atomic E-state index is 4.48. The van der Waals surface area contributed by atoms with Crippen LogP contribution in [0.1, 0.15) is 36.1 Å². The zero-order valence-electron chi connectivity index (χ0n) is 8.22. The molecule has 1 aromatic heterocycles. The largest absolute Gasteiger partial charge is 0.307 e. The van der Waals surface area contributed by atoms with Gasteiger partial charge in [0, 0.05) is 24.3 Å². The Kier molecular flexibility index (Phi) is 2.27. The molecule has 1 aliphatic heterocycles. The Morgan fingerprint density at radius 2 is 2.15 bits per heavy atom. The molecule has 2 heterocycles. The fraction of sp³-hybridized carbons (Fsp3) is 0.600. The average molecular weight is 177 g/mol. The van der Waals surface area contributed by atoms with Gasteiger partial charge < -0.3 is 5.32 Å². The van der Waals surface area contributed by atoms with E-state index < -0.39 is 0 Å². The Bertz CT molecular complexity index is 320. The summed E-state index contributed by atoms with van der Waals surface area (Å²) >= 11 is 0. The smallest absolute Gasteiger partial charge is 0.125 e. The predicted molar refractivity (Wildman–Crippen MR) is 51.3 cm³/mol. The van der Waals surface area contributed by atoms with Gasteiger partial charge in [-0.05, 0) is 13.3 Å². The van der Waals surface area contributed by atoms with Crippen LogP contribution in [0.5, 0.6) is 0 Å². The van der Waals surface area contributed by atoms with Gasteiger partial charge in [-0.25, -0.2) is 9.97 Å². The lowest BCUT2D eigenvalue weighted by Gasteiger charge is -2.05. The second-order valence-corrected chi connectivity index (χ2v) is 3.50. The predicted octanol–water partition coefficient (Wildman–Crippen LogP) is 1.34. The Morgan fingerprint density at radius 1 is 1.31 bits per heavy atom. The fourth-order valence-corrected chi connectivity index (χ4v) is 1.82. The van der Waals surface area contributed by atoms with Crippen LogP contribution in [0.25, 0.3) is 0 Å². The van der Waals surface area contributed by atoms with Crippen LogP contribution < -0.4 is 5.32 Å². The lowest BCUT2D eigenvalue weighted by Crippen LogP contribution is -2.03. The van der Waals surface area contributed by atoms with E-state index in [-0.39, 0.29) is 0 Å². The summed E-state index contributed by atoms with van der Waals surface area (Å²) in [6, 6.07) is 0. The third-order valence-corrected chi connectivity index (χ3v) is 2.37. The highest BCUT2D eigenvalue weighted by Gasteiger charge is 2.16. The Morgan fingerprint density at radius 3 is 2.92 bits per heavy atom. The van der Waals surface area contributed by atoms with Gasteiger partial charge in [0.05, 0.1) is 5.69 Å². The van der Waals surface area contributed by atoms with Crippen molar-refractivity contribution in [1.82, 2.24) is 15.3 Å². The maximum atomic E-state index is 4.48. The van der Waals surface area contributed by atoms with Crippen LogP contribution in [-0.2, 0) is 19.5 Å². The molecule has 1 aliphatic rings. The highest BCUT2D eigenvalue weighted by molar-refractivity contribution is 5.29. The number of nitrogens with zero attached hydrogens (tertiary/aromatic N) is 2. The van der Waals surface area contributed by atoms with Gasteiger partial charge in [-0.2, -0.15) is 0 Å². The minimum atomic E-state index is 0.908. The van der Waals surface area contributed by atoms with E-state index in [1.807, 2.05) is 6.92 Å². The number of aryl methyl sites for hydroxylation is 2. The molecule has 13 heavy (non-hydrogen) atoms. The number of hydrogen-bond acceptors (Lipinski definition) is 3. The molecule has 0 saturated carbocycles. The summed E-state index contributed by atoms with van der Waals surface area (Å²) in [6.07, 6.45) is 2.23. The van der Waals surface area contributed by atoms with Crippen LogP contribution in [-0.4, -0.2) is 9.97 Å². The SMILES string of the molecule is CCCc1nc(C)nc2c1CNC2. The van der Waals surface area contributed by atoms with Gasteiger partial charge in [-0.1, -0.05) is 13.3 Å². The molecule has 0 unspecified atom stereocenters. The van der Waals surface area contributed by atoms with Crippen molar-refractivity contribution in [2.75, 3.05) is 0 Å². The second kappa shape index (κ2) is 3.42. The number of nitrogens with one attached hydrogen (secondary N) is 1. The van der Waals surface area contributed by atoms with Crippen molar-refractivity contribution in [2.45, 2.75) is 39.8 Å². The van der Waals surface area contributed by atoms with Gasteiger partial charge in [0.2, 0.25) is 0 Å². The summed E-state index contributed by atoms with van der Waals surface area (Å²) in [4.78, 5) is 8.91. The molecule has 2 rings (SSSR count). The van der Waals surface area contributed by atoms with Gasteiger partial charge in [0.25, 0.3) is 0 Å². The third kappa shape index (κ3) is 1.56. The third-order valence-electron chi connectivity index (χ3n) is 2.37. The van der Waals surface area contributed by atoms with Crippen LogP contribution in [0, 0.1) is 6.92 Å². The Balaban J connectivity index is 2.43. The van der Waals surface area contributed by atoms with Crippen LogP contribution in [0.3, 0.4) is 0 Å². The standard InChI is InChI=1S/C10H15N3/c1-3-4-9-8-5-11-6-10(8)13-7(2)12-9/h11H,3-6H2,1-2H3. The molecule has 70 valence electrons. The van der Waals surface area contributed by atoms with E-state index in [4.69, 9.17) is 0 Å². The summed E-state index contributed by atoms with van der Waals surface area (Å²) in [5.41, 5.74) is 3.79. The van der Waals surface area contributed by atoms with Crippen LogP contribution >= 0.6 is 0 Å². The quantitative estimate of drug-likeness (QED) is 0.740. The molecule has 0 spiro atoms. The van der Waals surface area contributed by atoms with Gasteiger partial charge in [-0.3, -0.25) is 0 Å². The van der Waals surface area contributed by atoms with E-state index in [9.17, 15) is 0 Å². The van der Waals surface area contributed by atoms with Gasteiger partial charge in [0.1, 0.15) is 5.82 Å². The van der Waals surface area contributed by atoms with Gasteiger partial charge in [0.15, 0.2) is 0 Å². The number of fused-ring (bicyclic) bond motifs is 1. The Hall–Kier alpha value is -0.960. The van der Waals surface area contributed by atoms with Crippen molar-refractivity contribution in [2.24, 2.45) is 0 Å². The second-order valence-electron chi connectivity index (χ2n) is 3.50. The molecule has 0 bridgehead atoms. The van der Waals surface area contributed by atoms with Crippen LogP contribution in [0.4, 0.5) is 0 Å². The first-order valence-electron chi connectivity index (χ1n) is 4.87. The minimum absolute atomic E-state index is 0.908. The zero-order valence-corrected chi connectivity index (χ0v) is 8.22. The first kappa shape index (κ1) is 8.63. The van der Waals surface area contributed by atoms with Crippen molar-refractivity contribution in [3.63, 3.8) is 0 Å². The lowest BCUT2D eigenvalue weighted by molar-refractivity contribution is 0.753. The summed E-state index contributed by atoms with van der Waals surface area (Å²) in [6.45, 7) is 6.02. The van der Waals surface area contributed by atoms with Crippen molar-refractivity contribution >= 4 is 0 Å². The Labute approximate surface area is 78.6 Å². The summed E-state index contributed by atoms with van der Waals surface area (Å²) in [5.74, 6) is 0.908. The number of hydrogen-bond donors (Lipinski definition) is 1. The first-order valence-corrected chi connectivity index (χ1v) is 4.87. The average Bonchev–Trinajstić information content (AvgIpc) is 2.52. The molecule has 3 nitrogen and oxygen atoms in total. The molecule has 0 radical (unpaired) electrons. The highest BCUT2D eigenvalue weighted by atomic mass is 15.0. The molecule has 0 aromatic carbocycles. The van der Waals surface area contributed by atoms with E-state index in [1.54, 1.807) is 0 Å². The van der Waals surface area contributed by atoms with E-state index >= 15 is 0 Å². The molecule has 1 N–H and O–H groups in total. The summed E-state index contributed by atoms with van der Waals surface area (Å²) < 4.78 is 0. The molecule has 0 amide bonds. The van der Waals surface area contributed by atoms with Crippen LogP contribution in [0.2, 0.25) is 0 Å². The lowest BCUT2D eigenvalue weighted by atomic mass is 10.1. The minimum Gasteiger partial charge on any atom is -0.307 e. The molecular weight excluding hydrogens is 162 g/mol. The summed E-state index contributed by atoms with van der Waals surface area (Å²) in [7, 11) is 0. The van der Waals surface area contributed by atoms with E-state index in [1.165, 1.54) is 17.0 Å². The highest BCUT2D eigenvalue weighted by Crippen LogP contribution is 2.17. The molecule has 0 atom stereocenters. The van der Waals surface area contributed by atoms with Crippen molar-refractivity contribution in [3.05, 3.63) is 22.8 Å². The van der Waals surface area contributed by atoms with Gasteiger partial charge >= 0.3 is 0 Å². The van der Waals surface area contributed by atoms with Crippen molar-refractivity contribution < 1.29 is 0 Å². The normalized spacial score (nSPS) is 14.6. The van der Waals surface area contributed by atoms with E-state index in [2.05, 4.69) is 22.2 Å². The molecule has 3 heteroatoms. The fourth-order valence-electron chi connectivity index (χ4n) is 1.82. The number of aromatic nitrogens is 2. The zero-order chi connectivity index (χ0) is 9.26. The van der Waals surface area contributed by atoms with Crippen LogP contribution in [0.15, 0.2) is 0 Å².